The predicted octanol–water partition coefficient (Wildman–Crippen LogP) is 2.84. The van der Waals surface area contributed by atoms with E-state index in [-0.39, 0.29) is 35.1 Å². The van der Waals surface area contributed by atoms with Crippen molar-refractivity contribution in [1.29, 1.82) is 0 Å². The van der Waals surface area contributed by atoms with Gasteiger partial charge in [-0.05, 0) is 24.6 Å². The number of imidazole rings is 1. The summed E-state index contributed by atoms with van der Waals surface area (Å²) < 4.78 is 31.6. The van der Waals surface area contributed by atoms with Crippen LogP contribution in [0.15, 0.2) is 59.8 Å². The number of sulfone groups is 1. The highest BCUT2D eigenvalue weighted by Crippen LogP contribution is 2.32. The van der Waals surface area contributed by atoms with E-state index in [2.05, 4.69) is 10.3 Å². The van der Waals surface area contributed by atoms with Crippen molar-refractivity contribution in [2.75, 3.05) is 12.9 Å². The van der Waals surface area contributed by atoms with Crippen molar-refractivity contribution in [2.24, 2.45) is 0 Å². The van der Waals surface area contributed by atoms with Gasteiger partial charge in [0.25, 0.3) is 5.91 Å². The summed E-state index contributed by atoms with van der Waals surface area (Å²) in [5.74, 6) is 0.181. The second-order valence-electron chi connectivity index (χ2n) is 6.90. The lowest BCUT2D eigenvalue weighted by atomic mass is 10.1. The van der Waals surface area contributed by atoms with Crippen molar-refractivity contribution in [3.8, 4) is 17.0 Å². The minimum atomic E-state index is -3.50. The molecule has 0 saturated heterocycles. The van der Waals surface area contributed by atoms with Crippen molar-refractivity contribution in [3.05, 3.63) is 65.9 Å². The fourth-order valence-electron chi connectivity index (χ4n) is 3.47. The third-order valence-electron chi connectivity index (χ3n) is 5.00. The molecule has 2 heterocycles. The topological polar surface area (TPSA) is 90.3 Å². The first-order chi connectivity index (χ1) is 13.9. The SMILES string of the molecule is COc1cccc(-c2nc3n(c2C(=O)N[C@H](C)c2ccccc2)CCS3(=O)=O)c1. The number of carbonyl (C=O) groups is 1. The van der Waals surface area contributed by atoms with E-state index in [0.717, 1.165) is 5.56 Å². The Morgan fingerprint density at radius 3 is 2.66 bits per heavy atom. The van der Waals surface area contributed by atoms with Gasteiger partial charge in [0, 0.05) is 12.1 Å². The maximum Gasteiger partial charge on any atom is 0.270 e. The number of hydrogen-bond acceptors (Lipinski definition) is 5. The van der Waals surface area contributed by atoms with Gasteiger partial charge >= 0.3 is 0 Å². The second-order valence-corrected chi connectivity index (χ2v) is 8.90. The molecule has 0 spiro atoms. The maximum absolute atomic E-state index is 13.2. The molecule has 3 aromatic rings. The Hall–Kier alpha value is -3.13. The van der Waals surface area contributed by atoms with Crippen LogP contribution >= 0.6 is 0 Å². The zero-order chi connectivity index (χ0) is 20.6. The largest absolute Gasteiger partial charge is 0.497 e. The first-order valence-corrected chi connectivity index (χ1v) is 10.9. The van der Waals surface area contributed by atoms with Crippen LogP contribution in [-0.4, -0.2) is 36.7 Å². The Labute approximate surface area is 169 Å². The number of ether oxygens (including phenoxy) is 1. The molecule has 2 aromatic carbocycles. The van der Waals surface area contributed by atoms with Gasteiger partial charge < -0.3 is 14.6 Å². The van der Waals surface area contributed by atoms with Gasteiger partial charge in [0.2, 0.25) is 15.0 Å². The van der Waals surface area contributed by atoms with Gasteiger partial charge in [-0.1, -0.05) is 42.5 Å². The minimum absolute atomic E-state index is 0.0533. The van der Waals surface area contributed by atoms with Crippen molar-refractivity contribution < 1.29 is 17.9 Å². The highest BCUT2D eigenvalue weighted by molar-refractivity contribution is 7.91. The van der Waals surface area contributed by atoms with Crippen LogP contribution in [0.25, 0.3) is 11.3 Å². The molecule has 1 aromatic heterocycles. The Morgan fingerprint density at radius 2 is 1.93 bits per heavy atom. The second kappa shape index (κ2) is 7.36. The van der Waals surface area contributed by atoms with E-state index in [9.17, 15) is 13.2 Å². The Morgan fingerprint density at radius 1 is 1.17 bits per heavy atom. The van der Waals surface area contributed by atoms with Gasteiger partial charge in [-0.3, -0.25) is 4.79 Å². The van der Waals surface area contributed by atoms with E-state index in [1.54, 1.807) is 31.4 Å². The third kappa shape index (κ3) is 3.51. The summed E-state index contributed by atoms with van der Waals surface area (Å²) in [6.07, 6.45) is 0. The molecule has 8 heteroatoms. The first kappa shape index (κ1) is 19.2. The Bertz CT molecular complexity index is 1170. The number of nitrogens with one attached hydrogen (secondary N) is 1. The van der Waals surface area contributed by atoms with Crippen LogP contribution in [0.1, 0.15) is 29.0 Å². The number of nitrogens with zero attached hydrogens (tertiary/aromatic N) is 2. The van der Waals surface area contributed by atoms with Gasteiger partial charge in [-0.15, -0.1) is 0 Å². The maximum atomic E-state index is 13.2. The van der Waals surface area contributed by atoms with E-state index in [0.29, 0.717) is 17.0 Å². The number of benzene rings is 2. The smallest absolute Gasteiger partial charge is 0.270 e. The summed E-state index contributed by atoms with van der Waals surface area (Å²) in [5.41, 5.74) is 2.16. The normalized spacial score (nSPS) is 15.5. The molecule has 1 aliphatic rings. The first-order valence-electron chi connectivity index (χ1n) is 9.24. The number of rotatable bonds is 5. The summed E-state index contributed by atoms with van der Waals surface area (Å²) >= 11 is 0. The van der Waals surface area contributed by atoms with E-state index in [4.69, 9.17) is 4.74 Å². The molecule has 1 atom stereocenters. The standard InChI is InChI=1S/C21H21N3O4S/c1-14(15-7-4-3-5-8-15)22-20(25)19-18(16-9-6-10-17(13-16)28-2)23-21-24(19)11-12-29(21,26)27/h3-10,13-14H,11-12H2,1-2H3,(H,22,25)/t14-/m1/s1. The molecule has 0 bridgehead atoms. The average molecular weight is 411 g/mol. The molecule has 0 fully saturated rings. The average Bonchev–Trinajstić information content (AvgIpc) is 3.26. The molecule has 7 nitrogen and oxygen atoms in total. The molecule has 29 heavy (non-hydrogen) atoms. The van der Waals surface area contributed by atoms with Gasteiger partial charge in [0.15, 0.2) is 0 Å². The van der Waals surface area contributed by atoms with E-state index in [1.165, 1.54) is 4.57 Å². The Kier molecular flexibility index (Phi) is 4.87. The molecule has 0 unspecified atom stereocenters. The van der Waals surface area contributed by atoms with Crippen LogP contribution in [0.3, 0.4) is 0 Å². The van der Waals surface area contributed by atoms with Gasteiger partial charge in [0.1, 0.15) is 17.1 Å². The lowest BCUT2D eigenvalue weighted by Gasteiger charge is -2.15. The lowest BCUT2D eigenvalue weighted by molar-refractivity contribution is 0.0930. The number of fused-ring (bicyclic) bond motifs is 1. The zero-order valence-electron chi connectivity index (χ0n) is 16.1. The van der Waals surface area contributed by atoms with Gasteiger partial charge in [0.05, 0.1) is 18.9 Å². The summed E-state index contributed by atoms with van der Waals surface area (Å²) in [4.78, 5) is 17.6. The van der Waals surface area contributed by atoms with Gasteiger partial charge in [-0.2, -0.15) is 0 Å². The van der Waals surface area contributed by atoms with Crippen molar-refractivity contribution in [2.45, 2.75) is 24.7 Å². The fraction of sp³-hybridized carbons (Fsp3) is 0.238. The molecular formula is C21H21N3O4S. The predicted molar refractivity (Wildman–Crippen MR) is 109 cm³/mol. The van der Waals surface area contributed by atoms with Crippen molar-refractivity contribution >= 4 is 15.7 Å². The molecule has 0 saturated carbocycles. The lowest BCUT2D eigenvalue weighted by Crippen LogP contribution is -2.29. The van der Waals surface area contributed by atoms with Crippen LogP contribution < -0.4 is 10.1 Å². The molecule has 1 amide bonds. The summed E-state index contributed by atoms with van der Waals surface area (Å²) in [6, 6.07) is 16.4. The highest BCUT2D eigenvalue weighted by atomic mass is 32.2. The fourth-order valence-corrected chi connectivity index (χ4v) is 4.83. The van der Waals surface area contributed by atoms with Crippen LogP contribution in [0.5, 0.6) is 5.75 Å². The molecule has 4 rings (SSSR count). The van der Waals surface area contributed by atoms with Crippen LogP contribution in [0, 0.1) is 0 Å². The number of carbonyl (C=O) groups excluding carboxylic acids is 1. The number of methoxy groups -OCH3 is 1. The number of amides is 1. The van der Waals surface area contributed by atoms with Crippen LogP contribution in [0.4, 0.5) is 0 Å². The molecule has 1 aliphatic heterocycles. The summed E-state index contributed by atoms with van der Waals surface area (Å²) in [5, 5.41) is 2.91. The molecule has 0 radical (unpaired) electrons. The molecular weight excluding hydrogens is 390 g/mol. The van der Waals surface area contributed by atoms with Crippen molar-refractivity contribution in [1.82, 2.24) is 14.9 Å². The quantitative estimate of drug-likeness (QED) is 0.697. The number of aromatic nitrogens is 2. The molecule has 1 N–H and O–H groups in total. The van der Waals surface area contributed by atoms with Crippen molar-refractivity contribution in [3.63, 3.8) is 0 Å². The molecule has 150 valence electrons. The van der Waals surface area contributed by atoms with E-state index in [1.807, 2.05) is 37.3 Å². The van der Waals surface area contributed by atoms with E-state index >= 15 is 0 Å². The summed E-state index contributed by atoms with van der Waals surface area (Å²) in [7, 11) is -1.96. The highest BCUT2D eigenvalue weighted by Gasteiger charge is 2.35. The summed E-state index contributed by atoms with van der Waals surface area (Å²) in [6.45, 7) is 2.09. The zero-order valence-corrected chi connectivity index (χ0v) is 16.9. The van der Waals surface area contributed by atoms with Crippen LogP contribution in [-0.2, 0) is 16.4 Å². The molecule has 0 aliphatic carbocycles. The number of hydrogen-bond donors (Lipinski definition) is 1. The Balaban J connectivity index is 1.78. The third-order valence-corrected chi connectivity index (χ3v) is 6.59. The van der Waals surface area contributed by atoms with Gasteiger partial charge in [-0.25, -0.2) is 13.4 Å². The monoisotopic (exact) mass is 411 g/mol. The van der Waals surface area contributed by atoms with Crippen LogP contribution in [0.2, 0.25) is 0 Å². The minimum Gasteiger partial charge on any atom is -0.497 e. The van der Waals surface area contributed by atoms with E-state index < -0.39 is 9.84 Å².